The minimum Gasteiger partial charge on any atom is -0.480 e. The quantitative estimate of drug-likeness (QED) is 0.764. The first-order valence-electron chi connectivity index (χ1n) is 5.73. The van der Waals surface area contributed by atoms with Crippen molar-refractivity contribution in [2.45, 2.75) is 45.7 Å². The average Bonchev–Trinajstić information content (AvgIpc) is 2.59. The van der Waals surface area contributed by atoms with Gasteiger partial charge in [0, 0.05) is 12.6 Å². The molecule has 0 radical (unpaired) electrons. The summed E-state index contributed by atoms with van der Waals surface area (Å²) in [6.07, 6.45) is 1.99. The van der Waals surface area contributed by atoms with Crippen LogP contribution in [-0.2, 0) is 4.79 Å². The van der Waals surface area contributed by atoms with E-state index in [-0.39, 0.29) is 18.0 Å². The van der Waals surface area contributed by atoms with Crippen LogP contribution in [-0.4, -0.2) is 40.6 Å². The van der Waals surface area contributed by atoms with Crippen LogP contribution < -0.4 is 5.32 Å². The van der Waals surface area contributed by atoms with Crippen molar-refractivity contribution >= 4 is 12.0 Å². The van der Waals surface area contributed by atoms with Crippen LogP contribution in [0.4, 0.5) is 4.79 Å². The monoisotopic (exact) mass is 228 g/mol. The summed E-state index contributed by atoms with van der Waals surface area (Å²) in [4.78, 5) is 24.5. The standard InChI is InChI=1S/C11H20N2O3/c1-7(2)9(10(14)15)12-11(16)13-6-4-5-8(13)3/h7-9H,4-6H2,1-3H3,(H,12,16)(H,14,15)/t8?,9-/m0/s1. The fourth-order valence-electron chi connectivity index (χ4n) is 1.96. The molecule has 5 heteroatoms. The second-order valence-electron chi connectivity index (χ2n) is 4.69. The highest BCUT2D eigenvalue weighted by molar-refractivity contribution is 5.83. The van der Waals surface area contributed by atoms with Crippen molar-refractivity contribution in [3.63, 3.8) is 0 Å². The number of rotatable bonds is 3. The molecular weight excluding hydrogens is 208 g/mol. The Morgan fingerprint density at radius 2 is 2.06 bits per heavy atom. The zero-order valence-electron chi connectivity index (χ0n) is 10.1. The van der Waals surface area contributed by atoms with Gasteiger partial charge in [0.2, 0.25) is 0 Å². The molecule has 92 valence electrons. The number of carbonyl (C=O) groups excluding carboxylic acids is 1. The summed E-state index contributed by atoms with van der Waals surface area (Å²) < 4.78 is 0. The summed E-state index contributed by atoms with van der Waals surface area (Å²) in [5.74, 6) is -1.09. The second-order valence-corrected chi connectivity index (χ2v) is 4.69. The van der Waals surface area contributed by atoms with Gasteiger partial charge in [0.05, 0.1) is 0 Å². The van der Waals surface area contributed by atoms with E-state index in [4.69, 9.17) is 5.11 Å². The molecule has 1 saturated heterocycles. The molecule has 1 fully saturated rings. The minimum atomic E-state index is -0.977. The number of carboxylic acids is 1. The van der Waals surface area contributed by atoms with Gasteiger partial charge in [0.1, 0.15) is 6.04 Å². The molecule has 0 aromatic rings. The maximum atomic E-state index is 11.8. The van der Waals surface area contributed by atoms with Crippen LogP contribution in [0.25, 0.3) is 0 Å². The highest BCUT2D eigenvalue weighted by Gasteiger charge is 2.29. The molecule has 1 heterocycles. The van der Waals surface area contributed by atoms with Crippen LogP contribution in [0, 0.1) is 5.92 Å². The molecule has 0 aliphatic carbocycles. The van der Waals surface area contributed by atoms with Gasteiger partial charge in [-0.25, -0.2) is 9.59 Å². The number of hydrogen-bond acceptors (Lipinski definition) is 2. The van der Waals surface area contributed by atoms with E-state index in [1.807, 2.05) is 6.92 Å². The van der Waals surface area contributed by atoms with E-state index in [0.29, 0.717) is 0 Å². The molecule has 0 aromatic heterocycles. The summed E-state index contributed by atoms with van der Waals surface area (Å²) in [5, 5.41) is 11.5. The average molecular weight is 228 g/mol. The molecule has 2 N–H and O–H groups in total. The van der Waals surface area contributed by atoms with Gasteiger partial charge in [-0.2, -0.15) is 0 Å². The Hall–Kier alpha value is -1.26. The van der Waals surface area contributed by atoms with Gasteiger partial charge >= 0.3 is 12.0 Å². The summed E-state index contributed by atoms with van der Waals surface area (Å²) in [6.45, 7) is 6.27. The normalized spacial score (nSPS) is 22.2. The van der Waals surface area contributed by atoms with Crippen LogP contribution in [0.1, 0.15) is 33.6 Å². The molecule has 2 amide bonds. The topological polar surface area (TPSA) is 69.6 Å². The molecule has 1 aliphatic rings. The molecule has 1 rings (SSSR count). The van der Waals surface area contributed by atoms with E-state index in [2.05, 4.69) is 5.32 Å². The smallest absolute Gasteiger partial charge is 0.326 e. The lowest BCUT2D eigenvalue weighted by atomic mass is 10.1. The summed E-state index contributed by atoms with van der Waals surface area (Å²) in [5.41, 5.74) is 0. The third kappa shape index (κ3) is 2.87. The summed E-state index contributed by atoms with van der Waals surface area (Å²) in [6, 6.07) is -0.854. The van der Waals surface area contributed by atoms with Crippen molar-refractivity contribution in [2.24, 2.45) is 5.92 Å². The zero-order valence-corrected chi connectivity index (χ0v) is 10.1. The van der Waals surface area contributed by atoms with Crippen molar-refractivity contribution in [3.05, 3.63) is 0 Å². The van der Waals surface area contributed by atoms with E-state index in [1.54, 1.807) is 18.7 Å². The van der Waals surface area contributed by atoms with Gasteiger partial charge in [0.15, 0.2) is 0 Å². The fraction of sp³-hybridized carbons (Fsp3) is 0.818. The minimum absolute atomic E-state index is 0.112. The first kappa shape index (κ1) is 12.8. The van der Waals surface area contributed by atoms with E-state index >= 15 is 0 Å². The Kier molecular flexibility index (Phi) is 4.15. The van der Waals surface area contributed by atoms with Gasteiger partial charge in [0.25, 0.3) is 0 Å². The number of amides is 2. The van der Waals surface area contributed by atoms with Crippen molar-refractivity contribution < 1.29 is 14.7 Å². The highest BCUT2D eigenvalue weighted by atomic mass is 16.4. The molecular formula is C11H20N2O3. The predicted octanol–water partition coefficient (Wildman–Crippen LogP) is 1.29. The predicted molar refractivity (Wildman–Crippen MR) is 60.2 cm³/mol. The third-order valence-corrected chi connectivity index (χ3v) is 3.03. The molecule has 0 spiro atoms. The molecule has 2 atom stereocenters. The maximum absolute atomic E-state index is 11.8. The lowest BCUT2D eigenvalue weighted by Crippen LogP contribution is -2.50. The Morgan fingerprint density at radius 1 is 1.44 bits per heavy atom. The number of aliphatic carboxylic acids is 1. The van der Waals surface area contributed by atoms with Crippen molar-refractivity contribution in [1.29, 1.82) is 0 Å². The number of urea groups is 1. The fourth-order valence-corrected chi connectivity index (χ4v) is 1.96. The van der Waals surface area contributed by atoms with E-state index in [9.17, 15) is 9.59 Å². The summed E-state index contributed by atoms with van der Waals surface area (Å²) in [7, 11) is 0. The van der Waals surface area contributed by atoms with E-state index < -0.39 is 12.0 Å². The molecule has 0 saturated carbocycles. The van der Waals surface area contributed by atoms with Gasteiger partial charge in [-0.3, -0.25) is 0 Å². The number of carboxylic acid groups (broad SMARTS) is 1. The number of likely N-dealkylation sites (tertiary alicyclic amines) is 1. The van der Waals surface area contributed by atoms with E-state index in [0.717, 1.165) is 19.4 Å². The van der Waals surface area contributed by atoms with Crippen LogP contribution in [0.5, 0.6) is 0 Å². The van der Waals surface area contributed by atoms with Crippen LogP contribution in [0.3, 0.4) is 0 Å². The first-order chi connectivity index (χ1) is 7.43. The largest absolute Gasteiger partial charge is 0.480 e. The molecule has 0 aromatic carbocycles. The van der Waals surface area contributed by atoms with Crippen LogP contribution in [0.15, 0.2) is 0 Å². The van der Waals surface area contributed by atoms with Gasteiger partial charge < -0.3 is 15.3 Å². The van der Waals surface area contributed by atoms with Crippen molar-refractivity contribution in [3.8, 4) is 0 Å². The Bertz CT molecular complexity index is 278. The van der Waals surface area contributed by atoms with Gasteiger partial charge in [-0.15, -0.1) is 0 Å². The zero-order chi connectivity index (χ0) is 12.3. The number of nitrogens with zero attached hydrogens (tertiary/aromatic N) is 1. The number of carbonyl (C=O) groups is 2. The second kappa shape index (κ2) is 5.18. The number of hydrogen-bond donors (Lipinski definition) is 2. The molecule has 16 heavy (non-hydrogen) atoms. The van der Waals surface area contributed by atoms with Crippen molar-refractivity contribution in [1.82, 2.24) is 10.2 Å². The molecule has 1 aliphatic heterocycles. The van der Waals surface area contributed by atoms with Crippen LogP contribution in [0.2, 0.25) is 0 Å². The SMILES string of the molecule is CC(C)[C@H](NC(=O)N1CCCC1C)C(=O)O. The Labute approximate surface area is 95.8 Å². The Morgan fingerprint density at radius 3 is 2.44 bits per heavy atom. The third-order valence-electron chi connectivity index (χ3n) is 3.03. The molecule has 1 unspecified atom stereocenters. The molecule has 5 nitrogen and oxygen atoms in total. The first-order valence-corrected chi connectivity index (χ1v) is 5.73. The lowest BCUT2D eigenvalue weighted by molar-refractivity contribution is -0.140. The Balaban J connectivity index is 2.58. The van der Waals surface area contributed by atoms with E-state index in [1.165, 1.54) is 0 Å². The summed E-state index contributed by atoms with van der Waals surface area (Å²) >= 11 is 0. The lowest BCUT2D eigenvalue weighted by Gasteiger charge is -2.25. The van der Waals surface area contributed by atoms with Crippen LogP contribution >= 0.6 is 0 Å². The molecule has 0 bridgehead atoms. The highest BCUT2D eigenvalue weighted by Crippen LogP contribution is 2.16. The maximum Gasteiger partial charge on any atom is 0.326 e. The van der Waals surface area contributed by atoms with Crippen molar-refractivity contribution in [2.75, 3.05) is 6.54 Å². The number of nitrogens with one attached hydrogen (secondary N) is 1. The van der Waals surface area contributed by atoms with Gasteiger partial charge in [-0.05, 0) is 25.7 Å². The van der Waals surface area contributed by atoms with Gasteiger partial charge in [-0.1, -0.05) is 13.8 Å².